The van der Waals surface area contributed by atoms with Crippen LogP contribution in [-0.4, -0.2) is 61.3 Å². The van der Waals surface area contributed by atoms with Crippen LogP contribution < -0.4 is 5.43 Å². The van der Waals surface area contributed by atoms with Gasteiger partial charge in [-0.2, -0.15) is 13.2 Å². The Morgan fingerprint density at radius 2 is 2.00 bits per heavy atom. The van der Waals surface area contributed by atoms with Crippen LogP contribution in [-0.2, 0) is 9.84 Å². The van der Waals surface area contributed by atoms with E-state index in [-0.39, 0.29) is 13.0 Å². The molecule has 170 valence electrons. The fourth-order valence-electron chi connectivity index (χ4n) is 2.79. The lowest BCUT2D eigenvalue weighted by Gasteiger charge is -2.58. The minimum Gasteiger partial charge on any atom is -0.347 e. The van der Waals surface area contributed by atoms with E-state index in [2.05, 4.69) is 23.8 Å². The molecule has 1 rings (SSSR count). The first kappa shape index (κ1) is 26.6. The van der Waals surface area contributed by atoms with Gasteiger partial charge in [0.2, 0.25) is 0 Å². The molecule has 10 heteroatoms. The highest BCUT2D eigenvalue weighted by molar-refractivity contribution is 7.92. The molecule has 0 amide bonds. The largest absolute Gasteiger partial charge is 0.402 e. The van der Waals surface area contributed by atoms with Gasteiger partial charge in [0.25, 0.3) is 0 Å². The van der Waals surface area contributed by atoms with E-state index in [1.165, 1.54) is 26.0 Å². The molecule has 0 radical (unpaired) electrons. The van der Waals surface area contributed by atoms with E-state index in [4.69, 9.17) is 11.6 Å². The van der Waals surface area contributed by atoms with Crippen LogP contribution in [0.3, 0.4) is 0 Å². The molecule has 0 spiro atoms. The molecule has 0 bridgehead atoms. The second-order valence-corrected chi connectivity index (χ2v) is 10.7. The summed E-state index contributed by atoms with van der Waals surface area (Å²) in [5.41, 5.74) is 2.00. The number of nitrogens with one attached hydrogen (secondary N) is 1. The van der Waals surface area contributed by atoms with Gasteiger partial charge in [-0.3, -0.25) is 0 Å². The van der Waals surface area contributed by atoms with Gasteiger partial charge in [-0.25, -0.2) is 18.9 Å². The number of alkyl halides is 3. The molecule has 1 saturated heterocycles. The summed E-state index contributed by atoms with van der Waals surface area (Å²) in [4.78, 5) is 1.63. The number of hydrogen-bond acceptors (Lipinski definition) is 5. The molecule has 1 N–H and O–H groups in total. The van der Waals surface area contributed by atoms with Crippen molar-refractivity contribution in [2.24, 2.45) is 0 Å². The number of hydrogen-bond donors (Lipinski definition) is 1. The minimum absolute atomic E-state index is 0.0956. The normalized spacial score (nSPS) is 21.5. The molecule has 0 aliphatic carbocycles. The molecule has 0 aromatic carbocycles. The number of sulfone groups is 1. The maximum Gasteiger partial charge on any atom is 0.402 e. The Bertz CT molecular complexity index is 870. The smallest absolute Gasteiger partial charge is 0.347 e. The van der Waals surface area contributed by atoms with Gasteiger partial charge in [0.1, 0.15) is 17.0 Å². The third kappa shape index (κ3) is 6.51. The summed E-state index contributed by atoms with van der Waals surface area (Å²) < 4.78 is 62.0. The van der Waals surface area contributed by atoms with Crippen molar-refractivity contribution in [2.45, 2.75) is 50.2 Å². The van der Waals surface area contributed by atoms with Gasteiger partial charge in [-0.15, -0.1) is 0 Å². The van der Waals surface area contributed by atoms with Crippen molar-refractivity contribution in [3.05, 3.63) is 35.5 Å². The van der Waals surface area contributed by atoms with Gasteiger partial charge in [-0.1, -0.05) is 43.2 Å². The highest BCUT2D eigenvalue weighted by Gasteiger charge is 2.52. The maximum absolute atomic E-state index is 13.1. The molecule has 1 aliphatic rings. The second-order valence-electron chi connectivity index (χ2n) is 7.63. The highest BCUT2D eigenvalue weighted by Crippen LogP contribution is 2.37. The number of nitrogens with zero attached hydrogens (tertiary/aromatic N) is 2. The molecule has 5 nitrogen and oxygen atoms in total. The Labute approximate surface area is 182 Å². The molecule has 0 saturated carbocycles. The fourth-order valence-corrected chi connectivity index (χ4v) is 3.33. The molecule has 1 aliphatic heterocycles. The fraction of sp³-hybridized carbons (Fsp3) is 0.600. The molecule has 1 heterocycles. The average molecular weight is 468 g/mol. The predicted molar refractivity (Wildman–Crippen MR) is 115 cm³/mol. The lowest BCUT2D eigenvalue weighted by Crippen LogP contribution is -2.78. The molecule has 30 heavy (non-hydrogen) atoms. The third-order valence-electron chi connectivity index (χ3n) is 4.95. The van der Waals surface area contributed by atoms with Gasteiger partial charge in [0, 0.05) is 31.3 Å². The van der Waals surface area contributed by atoms with Crippen molar-refractivity contribution in [1.29, 1.82) is 0 Å². The quantitative estimate of drug-likeness (QED) is 0.434. The minimum atomic E-state index is -4.42. The number of hydrazine groups is 1. The second kappa shape index (κ2) is 9.77. The zero-order chi connectivity index (χ0) is 23.4. The van der Waals surface area contributed by atoms with E-state index in [9.17, 15) is 21.6 Å². The lowest BCUT2D eigenvalue weighted by atomic mass is 9.97. The SMILES string of the molecule is C=C/C=C(/Cl)CC1(N(C)/C(C#CC(C)(C)S(C)(=O)=O)=C\CC)CNN1CC(F)(F)F. The van der Waals surface area contributed by atoms with Gasteiger partial charge < -0.3 is 4.90 Å². The van der Waals surface area contributed by atoms with Crippen LogP contribution in [0.4, 0.5) is 13.2 Å². The summed E-state index contributed by atoms with van der Waals surface area (Å²) in [7, 11) is -1.83. The lowest BCUT2D eigenvalue weighted by molar-refractivity contribution is -0.222. The number of rotatable bonds is 8. The predicted octanol–water partition coefficient (Wildman–Crippen LogP) is 3.82. The van der Waals surface area contributed by atoms with Crippen LogP contribution in [0.25, 0.3) is 0 Å². The van der Waals surface area contributed by atoms with Crippen molar-refractivity contribution >= 4 is 21.4 Å². The third-order valence-corrected chi connectivity index (χ3v) is 7.16. The van der Waals surface area contributed by atoms with E-state index in [1.807, 2.05) is 6.92 Å². The zero-order valence-electron chi connectivity index (χ0n) is 17.9. The monoisotopic (exact) mass is 467 g/mol. The Morgan fingerprint density at radius 1 is 1.40 bits per heavy atom. The Hall–Kier alpha value is -1.47. The molecule has 0 aromatic rings. The highest BCUT2D eigenvalue weighted by atomic mass is 35.5. The summed E-state index contributed by atoms with van der Waals surface area (Å²) in [6.45, 7) is 7.42. The number of allylic oxidation sites excluding steroid dienone is 4. The summed E-state index contributed by atoms with van der Waals surface area (Å²) >= 11 is 6.24. The van der Waals surface area contributed by atoms with Crippen LogP contribution in [0.1, 0.15) is 33.6 Å². The molecule has 1 unspecified atom stereocenters. The molecular weight excluding hydrogens is 439 g/mol. The van der Waals surface area contributed by atoms with Crippen LogP contribution >= 0.6 is 11.6 Å². The molecule has 0 aromatic heterocycles. The van der Waals surface area contributed by atoms with Crippen molar-refractivity contribution in [2.75, 3.05) is 26.4 Å². The Kier molecular flexibility index (Phi) is 8.65. The summed E-state index contributed by atoms with van der Waals surface area (Å²) in [6.07, 6.45) is 2.08. The van der Waals surface area contributed by atoms with Gasteiger partial charge in [0.05, 0.1) is 5.70 Å². The van der Waals surface area contributed by atoms with Gasteiger partial charge in [-0.05, 0) is 32.3 Å². The number of likely N-dealkylation sites (N-methyl/N-ethyl adjacent to an activating group) is 1. The Morgan fingerprint density at radius 3 is 2.40 bits per heavy atom. The van der Waals surface area contributed by atoms with Crippen LogP contribution in [0.5, 0.6) is 0 Å². The maximum atomic E-state index is 13.1. The van der Waals surface area contributed by atoms with Crippen LogP contribution in [0, 0.1) is 11.8 Å². The topological polar surface area (TPSA) is 52.7 Å². The number of halogens is 4. The van der Waals surface area contributed by atoms with E-state index in [0.29, 0.717) is 17.2 Å². The van der Waals surface area contributed by atoms with E-state index in [0.717, 1.165) is 11.3 Å². The molecular formula is C20H29ClF3N3O2S. The standard InChI is InChI=1S/C20H29ClF3N3O2S/c1-7-9-16(21)13-19(14-25-27(19)15-20(22,23)24)26(5)17(10-8-2)11-12-18(3,4)30(6,28)29/h7,9-10,25H,1,8,13-15H2,2-6H3/b16-9+,17-10-. The van der Waals surface area contributed by atoms with Gasteiger partial charge in [0.15, 0.2) is 9.84 Å². The van der Waals surface area contributed by atoms with Crippen molar-refractivity contribution in [3.63, 3.8) is 0 Å². The molecule has 1 atom stereocenters. The van der Waals surface area contributed by atoms with E-state index >= 15 is 0 Å². The first-order valence-electron chi connectivity index (χ1n) is 9.31. The first-order valence-corrected chi connectivity index (χ1v) is 11.6. The van der Waals surface area contributed by atoms with Crippen molar-refractivity contribution in [1.82, 2.24) is 15.3 Å². The van der Waals surface area contributed by atoms with Crippen molar-refractivity contribution in [3.8, 4) is 11.8 Å². The summed E-state index contributed by atoms with van der Waals surface area (Å²) in [6, 6.07) is 0. The Balaban J connectivity index is 3.42. The first-order chi connectivity index (χ1) is 13.6. The van der Waals surface area contributed by atoms with Gasteiger partial charge >= 0.3 is 6.18 Å². The van der Waals surface area contributed by atoms with Crippen LogP contribution in [0.2, 0.25) is 0 Å². The van der Waals surface area contributed by atoms with Crippen molar-refractivity contribution < 1.29 is 21.6 Å². The van der Waals surface area contributed by atoms with E-state index < -0.39 is 33.0 Å². The molecule has 1 fully saturated rings. The zero-order valence-corrected chi connectivity index (χ0v) is 19.5. The summed E-state index contributed by atoms with van der Waals surface area (Å²) in [5.74, 6) is 5.62. The summed E-state index contributed by atoms with van der Waals surface area (Å²) in [5, 5.41) is 1.42. The van der Waals surface area contributed by atoms with Crippen LogP contribution in [0.15, 0.2) is 35.5 Å². The van der Waals surface area contributed by atoms with E-state index in [1.54, 1.807) is 18.0 Å². The average Bonchev–Trinajstić information content (AvgIpc) is 2.58.